The summed E-state index contributed by atoms with van der Waals surface area (Å²) in [5, 5.41) is 10.9. The highest BCUT2D eigenvalue weighted by molar-refractivity contribution is 7.99. The van der Waals surface area contributed by atoms with Gasteiger partial charge in [0.05, 0.1) is 4.92 Å². The van der Waals surface area contributed by atoms with Crippen molar-refractivity contribution in [2.45, 2.75) is 18.2 Å². The largest absolute Gasteiger partial charge is 0.398 e. The fourth-order valence-electron chi connectivity index (χ4n) is 1.97. The lowest BCUT2D eigenvalue weighted by Gasteiger charge is -2.06. The highest BCUT2D eigenvalue weighted by Crippen LogP contribution is 2.27. The summed E-state index contributed by atoms with van der Waals surface area (Å²) in [6.45, 7) is 2.00. The van der Waals surface area contributed by atoms with Gasteiger partial charge in [-0.15, -0.1) is 11.8 Å². The Bertz CT molecular complexity index is 629. The van der Waals surface area contributed by atoms with Gasteiger partial charge in [0.2, 0.25) is 0 Å². The molecule has 2 aromatic rings. The monoisotopic (exact) mass is 288 g/mol. The van der Waals surface area contributed by atoms with Gasteiger partial charge in [-0.2, -0.15) is 0 Å². The number of nitrogen functional groups attached to an aromatic ring is 1. The smallest absolute Gasteiger partial charge is 0.272 e. The first-order chi connectivity index (χ1) is 9.58. The van der Waals surface area contributed by atoms with Crippen LogP contribution in [0.3, 0.4) is 0 Å². The zero-order valence-electron chi connectivity index (χ0n) is 11.2. The van der Waals surface area contributed by atoms with Gasteiger partial charge in [-0.1, -0.05) is 24.3 Å². The van der Waals surface area contributed by atoms with Gasteiger partial charge in [0.15, 0.2) is 0 Å². The third kappa shape index (κ3) is 3.51. The number of hydrogen-bond acceptors (Lipinski definition) is 4. The van der Waals surface area contributed by atoms with E-state index >= 15 is 0 Å². The molecule has 0 radical (unpaired) electrons. The average molecular weight is 288 g/mol. The molecule has 0 fully saturated rings. The Hall–Kier alpha value is -2.01. The molecule has 0 saturated carbocycles. The SMILES string of the molecule is Cc1ccc(SCCc2ccccc2[N+](=O)[O-])c(N)c1. The summed E-state index contributed by atoms with van der Waals surface area (Å²) in [6.07, 6.45) is 0.648. The van der Waals surface area contributed by atoms with E-state index in [0.717, 1.165) is 27.5 Å². The minimum absolute atomic E-state index is 0.185. The summed E-state index contributed by atoms with van der Waals surface area (Å²) < 4.78 is 0. The van der Waals surface area contributed by atoms with Crippen LogP contribution in [0.25, 0.3) is 0 Å². The number of para-hydroxylation sites is 1. The van der Waals surface area contributed by atoms with Crippen LogP contribution in [-0.2, 0) is 6.42 Å². The van der Waals surface area contributed by atoms with Crippen LogP contribution in [0.4, 0.5) is 11.4 Å². The fourth-order valence-corrected chi connectivity index (χ4v) is 2.90. The van der Waals surface area contributed by atoms with Crippen LogP contribution in [0.15, 0.2) is 47.4 Å². The van der Waals surface area contributed by atoms with Crippen molar-refractivity contribution in [3.05, 3.63) is 63.7 Å². The Kier molecular flexibility index (Phi) is 4.63. The molecule has 0 aliphatic heterocycles. The minimum Gasteiger partial charge on any atom is -0.398 e. The number of rotatable bonds is 5. The molecule has 20 heavy (non-hydrogen) atoms. The molecular formula is C15H16N2O2S. The molecule has 0 unspecified atom stereocenters. The standard InChI is InChI=1S/C15H16N2O2S/c1-11-6-7-15(13(16)10-11)20-9-8-12-4-2-3-5-14(12)17(18)19/h2-7,10H,8-9,16H2,1H3. The highest BCUT2D eigenvalue weighted by atomic mass is 32.2. The van der Waals surface area contributed by atoms with Gasteiger partial charge in [0.1, 0.15) is 0 Å². The van der Waals surface area contributed by atoms with Crippen molar-refractivity contribution in [3.63, 3.8) is 0 Å². The van der Waals surface area contributed by atoms with E-state index in [0.29, 0.717) is 6.42 Å². The van der Waals surface area contributed by atoms with Crippen LogP contribution in [0, 0.1) is 17.0 Å². The highest BCUT2D eigenvalue weighted by Gasteiger charge is 2.12. The molecule has 2 N–H and O–H groups in total. The molecule has 0 saturated heterocycles. The normalized spacial score (nSPS) is 10.4. The second-order valence-corrected chi connectivity index (χ2v) is 5.66. The molecule has 2 aromatic carbocycles. The Morgan fingerprint density at radius 2 is 2.00 bits per heavy atom. The second-order valence-electron chi connectivity index (χ2n) is 4.53. The summed E-state index contributed by atoms with van der Waals surface area (Å²) in [5.41, 5.74) is 8.79. The van der Waals surface area contributed by atoms with Gasteiger partial charge in [0, 0.05) is 28.0 Å². The first kappa shape index (κ1) is 14.4. The molecule has 104 valence electrons. The van der Waals surface area contributed by atoms with Crippen LogP contribution in [0.5, 0.6) is 0 Å². The first-order valence-electron chi connectivity index (χ1n) is 6.29. The van der Waals surface area contributed by atoms with E-state index in [2.05, 4.69) is 0 Å². The van der Waals surface area contributed by atoms with E-state index in [4.69, 9.17) is 5.73 Å². The number of nitro groups is 1. The number of anilines is 1. The van der Waals surface area contributed by atoms with Crippen LogP contribution >= 0.6 is 11.8 Å². The lowest BCUT2D eigenvalue weighted by Crippen LogP contribution is -1.97. The second kappa shape index (κ2) is 6.43. The summed E-state index contributed by atoms with van der Waals surface area (Å²) >= 11 is 1.62. The van der Waals surface area contributed by atoms with E-state index < -0.39 is 0 Å². The lowest BCUT2D eigenvalue weighted by atomic mass is 10.1. The van der Waals surface area contributed by atoms with Gasteiger partial charge in [-0.05, 0) is 31.0 Å². The van der Waals surface area contributed by atoms with E-state index in [1.165, 1.54) is 0 Å². The number of nitrogens with two attached hydrogens (primary N) is 1. The number of thioether (sulfide) groups is 1. The molecule has 0 atom stereocenters. The zero-order valence-corrected chi connectivity index (χ0v) is 12.0. The van der Waals surface area contributed by atoms with Crippen molar-refractivity contribution in [1.82, 2.24) is 0 Å². The lowest BCUT2D eigenvalue weighted by molar-refractivity contribution is -0.385. The van der Waals surface area contributed by atoms with Gasteiger partial charge < -0.3 is 5.73 Å². The average Bonchev–Trinajstić information content (AvgIpc) is 2.41. The van der Waals surface area contributed by atoms with E-state index in [1.807, 2.05) is 31.2 Å². The van der Waals surface area contributed by atoms with Crippen molar-refractivity contribution in [3.8, 4) is 0 Å². The summed E-state index contributed by atoms with van der Waals surface area (Å²) in [6, 6.07) is 12.8. The fraction of sp³-hybridized carbons (Fsp3) is 0.200. The van der Waals surface area contributed by atoms with Crippen molar-refractivity contribution in [2.24, 2.45) is 0 Å². The van der Waals surface area contributed by atoms with Gasteiger partial charge in [-0.3, -0.25) is 10.1 Å². The third-order valence-corrected chi connectivity index (χ3v) is 4.07. The first-order valence-corrected chi connectivity index (χ1v) is 7.27. The molecule has 0 heterocycles. The molecule has 0 amide bonds. The van der Waals surface area contributed by atoms with Gasteiger partial charge >= 0.3 is 0 Å². The Balaban J connectivity index is 2.01. The maximum atomic E-state index is 10.9. The van der Waals surface area contributed by atoms with Crippen LogP contribution < -0.4 is 5.73 Å². The Morgan fingerprint density at radius 3 is 2.70 bits per heavy atom. The van der Waals surface area contributed by atoms with Crippen molar-refractivity contribution >= 4 is 23.1 Å². The van der Waals surface area contributed by atoms with Crippen molar-refractivity contribution < 1.29 is 4.92 Å². The molecule has 0 aromatic heterocycles. The van der Waals surface area contributed by atoms with E-state index in [-0.39, 0.29) is 10.6 Å². The van der Waals surface area contributed by atoms with Crippen LogP contribution in [0.1, 0.15) is 11.1 Å². The van der Waals surface area contributed by atoms with Crippen molar-refractivity contribution in [1.29, 1.82) is 0 Å². The number of aryl methyl sites for hydroxylation is 2. The Labute approximate surface area is 122 Å². The third-order valence-electron chi connectivity index (χ3n) is 2.98. The molecule has 2 rings (SSSR count). The zero-order chi connectivity index (χ0) is 14.5. The molecule has 0 aliphatic carbocycles. The molecule has 4 nitrogen and oxygen atoms in total. The maximum absolute atomic E-state index is 10.9. The topological polar surface area (TPSA) is 69.2 Å². The predicted molar refractivity (Wildman–Crippen MR) is 83.1 cm³/mol. The predicted octanol–water partition coefficient (Wildman–Crippen LogP) is 3.82. The van der Waals surface area contributed by atoms with Crippen LogP contribution in [0.2, 0.25) is 0 Å². The Morgan fingerprint density at radius 1 is 1.25 bits per heavy atom. The number of benzene rings is 2. The summed E-state index contributed by atoms with van der Waals surface area (Å²) in [4.78, 5) is 11.6. The van der Waals surface area contributed by atoms with Crippen LogP contribution in [-0.4, -0.2) is 10.7 Å². The molecule has 0 spiro atoms. The maximum Gasteiger partial charge on any atom is 0.272 e. The van der Waals surface area contributed by atoms with Gasteiger partial charge in [-0.25, -0.2) is 0 Å². The molecule has 0 aliphatic rings. The molecule has 0 bridgehead atoms. The molecular weight excluding hydrogens is 272 g/mol. The van der Waals surface area contributed by atoms with Gasteiger partial charge in [0.25, 0.3) is 5.69 Å². The minimum atomic E-state index is -0.333. The number of hydrogen-bond donors (Lipinski definition) is 1. The summed E-state index contributed by atoms with van der Waals surface area (Å²) in [5.74, 6) is 0.762. The number of nitrogens with zero attached hydrogens (tertiary/aromatic N) is 1. The number of nitro benzene ring substituents is 1. The van der Waals surface area contributed by atoms with E-state index in [1.54, 1.807) is 30.0 Å². The van der Waals surface area contributed by atoms with E-state index in [9.17, 15) is 10.1 Å². The quantitative estimate of drug-likeness (QED) is 0.393. The van der Waals surface area contributed by atoms with Crippen molar-refractivity contribution in [2.75, 3.05) is 11.5 Å². The summed E-state index contributed by atoms with van der Waals surface area (Å²) in [7, 11) is 0. The molecule has 5 heteroatoms.